The summed E-state index contributed by atoms with van der Waals surface area (Å²) in [6, 6.07) is 20.0. The van der Waals surface area contributed by atoms with E-state index in [1.54, 1.807) is 44.2 Å². The number of halogens is 3. The van der Waals surface area contributed by atoms with Crippen molar-refractivity contribution in [2.45, 2.75) is 89.5 Å². The van der Waals surface area contributed by atoms with Gasteiger partial charge >= 0.3 is 6.18 Å². The number of nitrogens with one attached hydrogen (secondary N) is 3. The number of hydrogen-bond acceptors (Lipinski definition) is 8. The molecule has 2 aliphatic rings. The molecule has 0 saturated heterocycles. The van der Waals surface area contributed by atoms with Crippen molar-refractivity contribution in [1.82, 2.24) is 25.4 Å². The summed E-state index contributed by atoms with van der Waals surface area (Å²) < 4.78 is 47.9. The van der Waals surface area contributed by atoms with Crippen LogP contribution in [0.4, 0.5) is 18.9 Å². The van der Waals surface area contributed by atoms with Crippen molar-refractivity contribution in [2.24, 2.45) is 5.92 Å². The van der Waals surface area contributed by atoms with Crippen LogP contribution in [0.3, 0.4) is 0 Å². The van der Waals surface area contributed by atoms with Crippen LogP contribution in [-0.4, -0.2) is 50.7 Å². The van der Waals surface area contributed by atoms with Gasteiger partial charge in [-0.15, -0.1) is 0 Å². The molecule has 1 aliphatic heterocycles. The van der Waals surface area contributed by atoms with Gasteiger partial charge in [-0.25, -0.2) is 4.98 Å². The van der Waals surface area contributed by atoms with E-state index in [2.05, 4.69) is 20.9 Å². The molecule has 3 heterocycles. The second-order valence-corrected chi connectivity index (χ2v) is 15.7. The van der Waals surface area contributed by atoms with E-state index in [-0.39, 0.29) is 29.8 Å². The van der Waals surface area contributed by atoms with E-state index in [9.17, 15) is 32.7 Å². The van der Waals surface area contributed by atoms with Gasteiger partial charge in [-0.3, -0.25) is 24.4 Å². The van der Waals surface area contributed by atoms with E-state index >= 15 is 0 Å². The van der Waals surface area contributed by atoms with Crippen molar-refractivity contribution in [3.63, 3.8) is 0 Å². The maximum atomic E-state index is 13.2. The number of anilines is 1. The average Bonchev–Trinajstić information content (AvgIpc) is 3.60. The van der Waals surface area contributed by atoms with Crippen LogP contribution in [0, 0.1) is 5.92 Å². The predicted molar refractivity (Wildman–Crippen MR) is 213 cm³/mol. The van der Waals surface area contributed by atoms with Crippen LogP contribution in [-0.2, 0) is 29.4 Å². The molecule has 3 aromatic carbocycles. The lowest BCUT2D eigenvalue weighted by atomic mass is 9.86. The van der Waals surface area contributed by atoms with Gasteiger partial charge in [0, 0.05) is 22.8 Å². The van der Waals surface area contributed by atoms with Crippen LogP contribution in [0.5, 0.6) is 11.5 Å². The van der Waals surface area contributed by atoms with Crippen molar-refractivity contribution >= 4 is 34.3 Å². The van der Waals surface area contributed by atoms with E-state index in [4.69, 9.17) is 9.84 Å². The molecular formula is C44H47F3N6O5. The molecule has 1 fully saturated rings. The number of amides is 3. The molecule has 7 rings (SSSR count). The first-order valence-corrected chi connectivity index (χ1v) is 19.8. The number of aromatic nitrogens is 3. The first-order chi connectivity index (χ1) is 27.7. The lowest BCUT2D eigenvalue weighted by Gasteiger charge is -2.28. The Hall–Kier alpha value is -5.60. The third kappa shape index (κ3) is 9.56. The lowest BCUT2D eigenvalue weighted by molar-refractivity contribution is -0.141. The molecule has 0 unspecified atom stereocenters. The Morgan fingerprint density at radius 1 is 0.948 bits per heavy atom. The highest BCUT2D eigenvalue weighted by molar-refractivity contribution is 6.11. The van der Waals surface area contributed by atoms with Gasteiger partial charge in [-0.1, -0.05) is 42.8 Å². The minimum absolute atomic E-state index is 0.149. The molecule has 0 radical (unpaired) electrons. The van der Waals surface area contributed by atoms with E-state index in [0.717, 1.165) is 87.5 Å². The van der Waals surface area contributed by atoms with Gasteiger partial charge in [0.25, 0.3) is 11.8 Å². The van der Waals surface area contributed by atoms with Gasteiger partial charge in [0.15, 0.2) is 0 Å². The molecule has 2 aromatic heterocycles. The zero-order valence-electron chi connectivity index (χ0n) is 32.5. The topological polar surface area (TPSA) is 147 Å². The molecule has 11 nitrogen and oxygen atoms in total. The quantitative estimate of drug-likeness (QED) is 0.0649. The number of alkyl halides is 3. The van der Waals surface area contributed by atoms with E-state index in [1.165, 1.54) is 6.07 Å². The zero-order valence-corrected chi connectivity index (χ0v) is 32.5. The molecule has 4 N–H and O–H groups in total. The van der Waals surface area contributed by atoms with Crippen LogP contribution in [0.25, 0.3) is 10.9 Å². The highest BCUT2D eigenvalue weighted by Crippen LogP contribution is 2.37. The van der Waals surface area contributed by atoms with Gasteiger partial charge in [0.05, 0.1) is 29.1 Å². The number of aliphatic hydroxyl groups is 1. The number of carbonyl (C=O) groups excluding carboxylic acids is 3. The van der Waals surface area contributed by atoms with Crippen molar-refractivity contribution in [1.29, 1.82) is 0 Å². The number of hydrogen-bond donors (Lipinski definition) is 4. The number of pyridine rings is 1. The molecule has 14 heteroatoms. The number of benzene rings is 3. The summed E-state index contributed by atoms with van der Waals surface area (Å²) in [4.78, 5) is 40.9. The number of carbonyl (C=O) groups is 3. The number of rotatable bonds is 14. The first kappa shape index (κ1) is 40.6. The van der Waals surface area contributed by atoms with Crippen molar-refractivity contribution in [3.05, 3.63) is 113 Å². The Morgan fingerprint density at radius 2 is 1.71 bits per heavy atom. The molecule has 1 aliphatic carbocycles. The number of nitrogens with zero attached hydrogens (tertiary/aromatic N) is 3. The van der Waals surface area contributed by atoms with Crippen molar-refractivity contribution in [3.8, 4) is 11.5 Å². The van der Waals surface area contributed by atoms with Gasteiger partial charge in [0.1, 0.15) is 22.9 Å². The summed E-state index contributed by atoms with van der Waals surface area (Å²) in [5.41, 5.74) is 0.534. The summed E-state index contributed by atoms with van der Waals surface area (Å²) in [5.74, 6) is 0.150. The Labute approximate surface area is 334 Å². The Balaban J connectivity index is 0.868. The number of fused-ring (bicyclic) bond motifs is 2. The minimum Gasteiger partial charge on any atom is -0.456 e. The van der Waals surface area contributed by atoms with Crippen molar-refractivity contribution in [2.75, 3.05) is 18.4 Å². The number of para-hydroxylation sites is 1. The normalized spacial score (nSPS) is 17.2. The maximum absolute atomic E-state index is 13.2. The minimum atomic E-state index is -4.69. The first-order valence-electron chi connectivity index (χ1n) is 19.8. The summed E-state index contributed by atoms with van der Waals surface area (Å²) in [6.45, 7) is 5.02. The number of unbranched alkanes of at least 4 members (excludes halogenated alkanes) is 2. The van der Waals surface area contributed by atoms with Crippen LogP contribution in [0.2, 0.25) is 0 Å². The SMILES string of the molecule is CC(C)(O)c1cc2nn([C@H]3CC[C@H](CNCCCCCc4ccccc4Oc4cccc5c4C(=O)NC(=O)C5)CC3)cc2cc1NC(=O)c1cccc(C(F)(F)F)n1. The average molecular weight is 797 g/mol. The van der Waals surface area contributed by atoms with Crippen LogP contribution in [0.15, 0.2) is 79.0 Å². The van der Waals surface area contributed by atoms with Crippen LogP contribution >= 0.6 is 0 Å². The summed E-state index contributed by atoms with van der Waals surface area (Å²) in [6.07, 6.45) is 5.33. The summed E-state index contributed by atoms with van der Waals surface area (Å²) >= 11 is 0. The second kappa shape index (κ2) is 17.1. The molecule has 304 valence electrons. The van der Waals surface area contributed by atoms with Crippen LogP contribution in [0.1, 0.15) is 108 Å². The largest absolute Gasteiger partial charge is 0.456 e. The smallest absolute Gasteiger partial charge is 0.433 e. The second-order valence-electron chi connectivity index (χ2n) is 15.7. The molecule has 58 heavy (non-hydrogen) atoms. The molecular weight excluding hydrogens is 750 g/mol. The fourth-order valence-electron chi connectivity index (χ4n) is 7.86. The highest BCUT2D eigenvalue weighted by Gasteiger charge is 2.33. The Bertz CT molecular complexity index is 2310. The lowest BCUT2D eigenvalue weighted by Crippen LogP contribution is -2.37. The van der Waals surface area contributed by atoms with Gasteiger partial charge in [-0.2, -0.15) is 18.3 Å². The van der Waals surface area contributed by atoms with E-state index in [1.807, 2.05) is 35.1 Å². The zero-order chi connectivity index (χ0) is 41.0. The number of ether oxygens (including phenoxy) is 1. The monoisotopic (exact) mass is 796 g/mol. The summed E-state index contributed by atoms with van der Waals surface area (Å²) in [7, 11) is 0. The predicted octanol–water partition coefficient (Wildman–Crippen LogP) is 8.27. The number of aryl methyl sites for hydroxylation is 1. The Morgan fingerprint density at radius 3 is 2.48 bits per heavy atom. The third-order valence-electron chi connectivity index (χ3n) is 10.9. The molecule has 0 spiro atoms. The Kier molecular flexibility index (Phi) is 12.0. The standard InChI is InChI=1S/C44H47F3N6O5/c1-43(2,57)32-24-34-30(22-35(32)50-41(55)33-13-9-16-38(49-33)44(45,46)47)26-53(52-34)31-19-17-27(18-20-31)25-48-21-7-3-4-10-28-11-5-6-14-36(28)58-37-15-8-12-29-23-39(54)51-42(56)40(29)37/h5-6,8-9,11-16,22,24,26-27,31,48,57H,3-4,7,10,17-21,23,25H2,1-2H3,(H,50,55)(H,51,54,56)/t27-,31-. The van der Waals surface area contributed by atoms with Gasteiger partial charge < -0.3 is 20.5 Å². The molecule has 1 saturated carbocycles. The fourth-order valence-corrected chi connectivity index (χ4v) is 7.86. The molecule has 0 bridgehead atoms. The molecule has 3 amide bonds. The molecule has 5 aromatic rings. The highest BCUT2D eigenvalue weighted by atomic mass is 19.4. The summed E-state index contributed by atoms with van der Waals surface area (Å²) in [5, 5.41) is 25.2. The van der Waals surface area contributed by atoms with E-state index < -0.39 is 29.3 Å². The van der Waals surface area contributed by atoms with Gasteiger partial charge in [-0.05, 0) is 125 Å². The van der Waals surface area contributed by atoms with Gasteiger partial charge in [0.2, 0.25) is 5.91 Å². The molecule has 0 atom stereocenters. The number of imide groups is 1. The van der Waals surface area contributed by atoms with Crippen molar-refractivity contribution < 1.29 is 37.4 Å². The fraction of sp³-hybridized carbons (Fsp3) is 0.386. The van der Waals surface area contributed by atoms with E-state index in [0.29, 0.717) is 39.6 Å². The third-order valence-corrected chi connectivity index (χ3v) is 10.9. The van der Waals surface area contributed by atoms with Crippen LogP contribution < -0.4 is 20.7 Å². The maximum Gasteiger partial charge on any atom is 0.433 e.